The van der Waals surface area contributed by atoms with Crippen molar-refractivity contribution in [1.82, 2.24) is 4.90 Å². The number of piperidine rings is 1. The maximum Gasteiger partial charge on any atom is 0.258 e. The van der Waals surface area contributed by atoms with Crippen molar-refractivity contribution < 1.29 is 13.6 Å². The van der Waals surface area contributed by atoms with Gasteiger partial charge in [0, 0.05) is 13.1 Å². The largest absolute Gasteiger partial charge is 0.465 e. The van der Waals surface area contributed by atoms with Gasteiger partial charge in [-0.1, -0.05) is 12.1 Å². The highest BCUT2D eigenvalue weighted by Crippen LogP contribution is 2.30. The maximum atomic E-state index is 13.3. The molecule has 0 spiro atoms. The van der Waals surface area contributed by atoms with Gasteiger partial charge in [0.05, 0.1) is 10.0 Å². The van der Waals surface area contributed by atoms with Gasteiger partial charge in [-0.15, -0.1) is 0 Å². The highest BCUT2D eigenvalue weighted by atomic mass is 79.9. The third-order valence-corrected chi connectivity index (χ3v) is 5.67. The van der Waals surface area contributed by atoms with E-state index in [0.29, 0.717) is 17.2 Å². The number of furan rings is 1. The number of hydrogen-bond acceptors (Lipinski definition) is 2. The van der Waals surface area contributed by atoms with Crippen molar-refractivity contribution in [3.63, 3.8) is 0 Å². The third-order valence-electron chi connectivity index (χ3n) is 4.72. The molecular formula is C19H21BrFNO2. The third kappa shape index (κ3) is 3.56. The van der Waals surface area contributed by atoms with Gasteiger partial charge in [-0.25, -0.2) is 4.39 Å². The number of benzene rings is 1. The van der Waals surface area contributed by atoms with Crippen LogP contribution >= 0.6 is 15.9 Å². The number of carbonyl (C=O) groups excluding carboxylic acids is 1. The first-order valence-electron chi connectivity index (χ1n) is 8.25. The van der Waals surface area contributed by atoms with Crippen molar-refractivity contribution in [3.8, 4) is 0 Å². The van der Waals surface area contributed by atoms with Crippen LogP contribution in [0, 0.1) is 25.6 Å². The van der Waals surface area contributed by atoms with Gasteiger partial charge in [-0.05, 0) is 72.7 Å². The zero-order valence-electron chi connectivity index (χ0n) is 13.9. The minimum Gasteiger partial charge on any atom is -0.465 e. The number of nitrogens with zero attached hydrogens (tertiary/aromatic N) is 1. The average molecular weight is 394 g/mol. The predicted octanol–water partition coefficient (Wildman–Crippen LogP) is 4.89. The second-order valence-electron chi connectivity index (χ2n) is 6.47. The van der Waals surface area contributed by atoms with Crippen LogP contribution in [0.5, 0.6) is 0 Å². The van der Waals surface area contributed by atoms with Crippen LogP contribution in [0.15, 0.2) is 33.2 Å². The predicted molar refractivity (Wildman–Crippen MR) is 94.6 cm³/mol. The first-order valence-corrected chi connectivity index (χ1v) is 9.04. The van der Waals surface area contributed by atoms with Crippen LogP contribution in [0.3, 0.4) is 0 Å². The zero-order chi connectivity index (χ0) is 17.3. The standard InChI is InChI=1S/C19H21BrFNO2/c1-12-17(18(20)13(2)24-12)19(23)22-8-6-14(7-9-22)10-15-4-3-5-16(21)11-15/h3-5,11,14H,6-10H2,1-2H3. The average Bonchev–Trinajstić information content (AvgIpc) is 2.80. The van der Waals surface area contributed by atoms with Crippen LogP contribution in [0.4, 0.5) is 4.39 Å². The second-order valence-corrected chi connectivity index (χ2v) is 7.27. The van der Waals surface area contributed by atoms with E-state index >= 15 is 0 Å². The van der Waals surface area contributed by atoms with Crippen LogP contribution < -0.4 is 0 Å². The van der Waals surface area contributed by atoms with E-state index in [1.807, 2.05) is 24.8 Å². The van der Waals surface area contributed by atoms with E-state index in [2.05, 4.69) is 15.9 Å². The Balaban J connectivity index is 1.61. The molecule has 1 aliphatic heterocycles. The lowest BCUT2D eigenvalue weighted by atomic mass is 9.90. The molecule has 128 valence electrons. The van der Waals surface area contributed by atoms with E-state index in [9.17, 15) is 9.18 Å². The second kappa shape index (κ2) is 7.09. The van der Waals surface area contributed by atoms with Crippen LogP contribution in [0.2, 0.25) is 0 Å². The summed E-state index contributed by atoms with van der Waals surface area (Å²) in [6, 6.07) is 6.80. The molecule has 24 heavy (non-hydrogen) atoms. The minimum atomic E-state index is -0.184. The van der Waals surface area contributed by atoms with Crippen LogP contribution in [0.1, 0.15) is 40.3 Å². The molecule has 0 bridgehead atoms. The zero-order valence-corrected chi connectivity index (χ0v) is 15.5. The summed E-state index contributed by atoms with van der Waals surface area (Å²) < 4.78 is 19.6. The number of hydrogen-bond donors (Lipinski definition) is 0. The molecule has 1 saturated heterocycles. The highest BCUT2D eigenvalue weighted by Gasteiger charge is 2.28. The quantitative estimate of drug-likeness (QED) is 0.743. The van der Waals surface area contributed by atoms with Crippen molar-refractivity contribution in [2.45, 2.75) is 33.1 Å². The Labute approximate surface area is 150 Å². The SMILES string of the molecule is Cc1oc(C)c(C(=O)N2CCC(Cc3cccc(F)c3)CC2)c1Br. The topological polar surface area (TPSA) is 33.5 Å². The highest BCUT2D eigenvalue weighted by molar-refractivity contribution is 9.10. The lowest BCUT2D eigenvalue weighted by Crippen LogP contribution is -2.39. The van der Waals surface area contributed by atoms with Gasteiger partial charge in [-0.2, -0.15) is 0 Å². The minimum absolute atomic E-state index is 0.0282. The molecule has 1 aliphatic rings. The Bertz CT molecular complexity index is 748. The van der Waals surface area contributed by atoms with Gasteiger partial charge in [0.25, 0.3) is 5.91 Å². The van der Waals surface area contributed by atoms with Gasteiger partial charge < -0.3 is 9.32 Å². The molecule has 0 radical (unpaired) electrons. The molecule has 0 unspecified atom stereocenters. The van der Waals surface area contributed by atoms with Crippen molar-refractivity contribution in [2.24, 2.45) is 5.92 Å². The number of halogens is 2. The fourth-order valence-electron chi connectivity index (χ4n) is 3.40. The summed E-state index contributed by atoms with van der Waals surface area (Å²) in [5.74, 6) is 1.73. The molecule has 0 atom stereocenters. The monoisotopic (exact) mass is 393 g/mol. The van der Waals surface area contributed by atoms with Crippen LogP contribution in [-0.4, -0.2) is 23.9 Å². The Morgan fingerprint density at radius 3 is 2.58 bits per heavy atom. The van der Waals surface area contributed by atoms with Gasteiger partial charge >= 0.3 is 0 Å². The van der Waals surface area contributed by atoms with Gasteiger partial charge in [0.15, 0.2) is 0 Å². The van der Waals surface area contributed by atoms with Gasteiger partial charge in [-0.3, -0.25) is 4.79 Å². The number of amides is 1. The smallest absolute Gasteiger partial charge is 0.258 e. The summed E-state index contributed by atoms with van der Waals surface area (Å²) in [4.78, 5) is 14.6. The number of rotatable bonds is 3. The lowest BCUT2D eigenvalue weighted by molar-refractivity contribution is 0.0688. The van der Waals surface area contributed by atoms with Crippen molar-refractivity contribution in [1.29, 1.82) is 0 Å². The summed E-state index contributed by atoms with van der Waals surface area (Å²) in [7, 11) is 0. The maximum absolute atomic E-state index is 13.3. The number of aryl methyl sites for hydroxylation is 2. The molecular weight excluding hydrogens is 373 g/mol. The van der Waals surface area contributed by atoms with E-state index in [1.54, 1.807) is 12.1 Å². The summed E-state index contributed by atoms with van der Waals surface area (Å²) in [5, 5.41) is 0. The first-order chi connectivity index (χ1) is 11.5. The fraction of sp³-hybridized carbons (Fsp3) is 0.421. The van der Waals surface area contributed by atoms with E-state index in [0.717, 1.165) is 48.1 Å². The Morgan fingerprint density at radius 2 is 2.00 bits per heavy atom. The lowest BCUT2D eigenvalue weighted by Gasteiger charge is -2.32. The number of carbonyl (C=O) groups is 1. The molecule has 0 saturated carbocycles. The molecule has 3 rings (SSSR count). The molecule has 5 heteroatoms. The number of likely N-dealkylation sites (tertiary alicyclic amines) is 1. The Hall–Kier alpha value is -1.62. The van der Waals surface area contributed by atoms with Gasteiger partial charge in [0.1, 0.15) is 17.3 Å². The molecule has 1 aromatic heterocycles. The van der Waals surface area contributed by atoms with Crippen LogP contribution in [0.25, 0.3) is 0 Å². The first kappa shape index (κ1) is 17.2. The molecule has 3 nitrogen and oxygen atoms in total. The fourth-order valence-corrected chi connectivity index (χ4v) is 3.93. The summed E-state index contributed by atoms with van der Waals surface area (Å²) >= 11 is 3.45. The normalized spacial score (nSPS) is 15.8. The Kier molecular flexibility index (Phi) is 5.09. The molecule has 2 aromatic rings. The van der Waals surface area contributed by atoms with E-state index < -0.39 is 0 Å². The molecule has 2 heterocycles. The summed E-state index contributed by atoms with van der Waals surface area (Å²) in [5.41, 5.74) is 1.67. The van der Waals surface area contributed by atoms with Crippen LogP contribution in [-0.2, 0) is 6.42 Å². The molecule has 1 aromatic carbocycles. The summed E-state index contributed by atoms with van der Waals surface area (Å²) in [6.07, 6.45) is 2.75. The van der Waals surface area contributed by atoms with E-state index in [-0.39, 0.29) is 11.7 Å². The molecule has 1 amide bonds. The summed E-state index contributed by atoms with van der Waals surface area (Å²) in [6.45, 7) is 5.13. The van der Waals surface area contributed by atoms with Gasteiger partial charge in [0.2, 0.25) is 0 Å². The van der Waals surface area contributed by atoms with Crippen molar-refractivity contribution in [2.75, 3.05) is 13.1 Å². The Morgan fingerprint density at radius 1 is 1.29 bits per heavy atom. The molecule has 1 fully saturated rings. The van der Waals surface area contributed by atoms with E-state index in [1.165, 1.54) is 6.07 Å². The van der Waals surface area contributed by atoms with E-state index in [4.69, 9.17) is 4.42 Å². The van der Waals surface area contributed by atoms with Crippen molar-refractivity contribution >= 4 is 21.8 Å². The molecule has 0 aliphatic carbocycles. The molecule has 0 N–H and O–H groups in total. The van der Waals surface area contributed by atoms with Crippen molar-refractivity contribution in [3.05, 3.63) is 57.2 Å².